The Morgan fingerprint density at radius 1 is 1.37 bits per heavy atom. The van der Waals surface area contributed by atoms with E-state index >= 15 is 0 Å². The Kier molecular flexibility index (Phi) is 3.46. The van der Waals surface area contributed by atoms with Crippen molar-refractivity contribution in [3.05, 3.63) is 23.3 Å². The minimum atomic E-state index is -0.412. The van der Waals surface area contributed by atoms with Crippen LogP contribution in [0.25, 0.3) is 0 Å². The molecule has 0 aromatic heterocycles. The van der Waals surface area contributed by atoms with Crippen molar-refractivity contribution < 1.29 is 19.4 Å². The van der Waals surface area contributed by atoms with E-state index in [0.29, 0.717) is 6.54 Å². The second kappa shape index (κ2) is 4.91. The molecule has 5 heteroatoms. The van der Waals surface area contributed by atoms with Crippen LogP contribution >= 0.6 is 0 Å². The zero-order valence-electron chi connectivity index (χ0n) is 11.3. The highest BCUT2D eigenvalue weighted by Crippen LogP contribution is 2.33. The molecule has 19 heavy (non-hydrogen) atoms. The summed E-state index contributed by atoms with van der Waals surface area (Å²) < 4.78 is 4.69. The molecule has 2 rings (SSSR count). The number of phenolic OH excluding ortho intramolecular Hbond substituents is 1. The van der Waals surface area contributed by atoms with Gasteiger partial charge in [0.2, 0.25) is 5.91 Å². The summed E-state index contributed by atoms with van der Waals surface area (Å²) in [5.74, 6) is -0.683. The fourth-order valence-electron chi connectivity index (χ4n) is 2.61. The summed E-state index contributed by atoms with van der Waals surface area (Å²) in [5.41, 5.74) is 2.40. The predicted molar refractivity (Wildman–Crippen MR) is 70.1 cm³/mol. The molecule has 1 aromatic rings. The molecule has 1 aliphatic rings. The molecule has 0 aliphatic carbocycles. The first-order valence-corrected chi connectivity index (χ1v) is 6.12. The molecule has 0 spiro atoms. The maximum Gasteiger partial charge on any atom is 0.311 e. The summed E-state index contributed by atoms with van der Waals surface area (Å²) in [6, 6.07) is 3.22. The van der Waals surface area contributed by atoms with Gasteiger partial charge in [-0.15, -0.1) is 0 Å². The number of aryl methyl sites for hydroxylation is 2. The van der Waals surface area contributed by atoms with Crippen molar-refractivity contribution in [2.75, 3.05) is 18.6 Å². The van der Waals surface area contributed by atoms with Crippen molar-refractivity contribution in [1.82, 2.24) is 0 Å². The molecule has 1 heterocycles. The Hall–Kier alpha value is -2.04. The second-order valence-electron chi connectivity index (χ2n) is 4.86. The molecule has 1 aliphatic heterocycles. The minimum absolute atomic E-state index is 0.0905. The van der Waals surface area contributed by atoms with Gasteiger partial charge in [0.25, 0.3) is 0 Å². The van der Waals surface area contributed by atoms with Crippen LogP contribution in [0.3, 0.4) is 0 Å². The van der Waals surface area contributed by atoms with Gasteiger partial charge in [-0.25, -0.2) is 0 Å². The minimum Gasteiger partial charge on any atom is -0.508 e. The van der Waals surface area contributed by atoms with E-state index < -0.39 is 5.92 Å². The van der Waals surface area contributed by atoms with E-state index in [0.717, 1.165) is 16.8 Å². The van der Waals surface area contributed by atoms with Gasteiger partial charge >= 0.3 is 5.97 Å². The van der Waals surface area contributed by atoms with Crippen LogP contribution < -0.4 is 4.90 Å². The van der Waals surface area contributed by atoms with Crippen molar-refractivity contribution in [1.29, 1.82) is 0 Å². The summed E-state index contributed by atoms with van der Waals surface area (Å²) in [5, 5.41) is 9.53. The third-order valence-corrected chi connectivity index (χ3v) is 3.41. The number of hydrogen-bond acceptors (Lipinski definition) is 4. The van der Waals surface area contributed by atoms with Crippen LogP contribution in [0.5, 0.6) is 5.75 Å². The highest BCUT2D eigenvalue weighted by molar-refractivity contribution is 6.00. The maximum atomic E-state index is 12.1. The van der Waals surface area contributed by atoms with Gasteiger partial charge in [0.1, 0.15) is 5.75 Å². The van der Waals surface area contributed by atoms with Crippen LogP contribution in [0, 0.1) is 19.8 Å². The summed E-state index contributed by atoms with van der Waals surface area (Å²) in [6.45, 7) is 4.00. The number of methoxy groups -OCH3 is 1. The Bertz CT molecular complexity index is 515. The van der Waals surface area contributed by atoms with Crippen LogP contribution in [-0.2, 0) is 14.3 Å². The van der Waals surface area contributed by atoms with Gasteiger partial charge in [-0.05, 0) is 37.1 Å². The van der Waals surface area contributed by atoms with E-state index in [4.69, 9.17) is 0 Å². The van der Waals surface area contributed by atoms with Crippen LogP contribution in [0.4, 0.5) is 5.69 Å². The molecular formula is C14H17NO4. The normalized spacial score (nSPS) is 18.8. The molecule has 1 unspecified atom stereocenters. The Morgan fingerprint density at radius 3 is 2.47 bits per heavy atom. The molecule has 1 fully saturated rings. The number of nitrogens with zero attached hydrogens (tertiary/aromatic N) is 1. The van der Waals surface area contributed by atoms with Gasteiger partial charge in [0.15, 0.2) is 0 Å². The van der Waals surface area contributed by atoms with Crippen LogP contribution in [0.2, 0.25) is 0 Å². The number of carbonyl (C=O) groups is 2. The topological polar surface area (TPSA) is 66.8 Å². The number of ether oxygens (including phenoxy) is 1. The number of benzene rings is 1. The summed E-state index contributed by atoms with van der Waals surface area (Å²) in [4.78, 5) is 25.2. The molecule has 102 valence electrons. The number of phenols is 1. The van der Waals surface area contributed by atoms with Crippen LogP contribution in [0.15, 0.2) is 12.1 Å². The highest BCUT2D eigenvalue weighted by atomic mass is 16.5. The molecule has 1 amide bonds. The quantitative estimate of drug-likeness (QED) is 0.822. The van der Waals surface area contributed by atoms with Gasteiger partial charge < -0.3 is 14.7 Å². The smallest absolute Gasteiger partial charge is 0.311 e. The Balaban J connectivity index is 2.33. The lowest BCUT2D eigenvalue weighted by Crippen LogP contribution is -2.27. The number of rotatable bonds is 2. The Labute approximate surface area is 111 Å². The molecule has 1 N–H and O–H groups in total. The average molecular weight is 263 g/mol. The number of amides is 1. The first-order chi connectivity index (χ1) is 8.93. The van der Waals surface area contributed by atoms with E-state index in [1.54, 1.807) is 17.0 Å². The van der Waals surface area contributed by atoms with E-state index in [9.17, 15) is 14.7 Å². The molecular weight excluding hydrogens is 246 g/mol. The SMILES string of the molecule is COC(=O)C1CC(=O)N(c2c(C)cc(O)cc2C)C1. The van der Waals surface area contributed by atoms with E-state index in [2.05, 4.69) is 4.74 Å². The van der Waals surface area contributed by atoms with E-state index in [1.807, 2.05) is 13.8 Å². The van der Waals surface area contributed by atoms with Gasteiger partial charge in [-0.1, -0.05) is 0 Å². The third kappa shape index (κ3) is 2.41. The summed E-state index contributed by atoms with van der Waals surface area (Å²) in [7, 11) is 1.33. The maximum absolute atomic E-state index is 12.1. The second-order valence-corrected chi connectivity index (χ2v) is 4.86. The highest BCUT2D eigenvalue weighted by Gasteiger charge is 2.36. The molecule has 0 bridgehead atoms. The van der Waals surface area contributed by atoms with Crippen LogP contribution in [0.1, 0.15) is 17.5 Å². The summed E-state index contributed by atoms with van der Waals surface area (Å²) in [6.07, 6.45) is 0.173. The molecule has 1 atom stereocenters. The van der Waals surface area contributed by atoms with Crippen molar-refractivity contribution in [3.8, 4) is 5.75 Å². The zero-order valence-corrected chi connectivity index (χ0v) is 11.3. The molecule has 5 nitrogen and oxygen atoms in total. The van der Waals surface area contributed by atoms with E-state index in [1.165, 1.54) is 7.11 Å². The van der Waals surface area contributed by atoms with Crippen molar-refractivity contribution in [2.45, 2.75) is 20.3 Å². The first kappa shape index (κ1) is 13.4. The third-order valence-electron chi connectivity index (χ3n) is 3.41. The number of hydrogen-bond donors (Lipinski definition) is 1. The zero-order chi connectivity index (χ0) is 14.2. The van der Waals surface area contributed by atoms with Gasteiger partial charge in [-0.2, -0.15) is 0 Å². The van der Waals surface area contributed by atoms with Gasteiger partial charge in [0, 0.05) is 18.7 Å². The average Bonchev–Trinajstić information content (AvgIpc) is 2.69. The molecule has 0 radical (unpaired) electrons. The number of aromatic hydroxyl groups is 1. The number of esters is 1. The van der Waals surface area contributed by atoms with Crippen molar-refractivity contribution in [2.24, 2.45) is 5.92 Å². The first-order valence-electron chi connectivity index (χ1n) is 6.12. The molecule has 1 saturated heterocycles. The fraction of sp³-hybridized carbons (Fsp3) is 0.429. The molecule has 1 aromatic carbocycles. The largest absolute Gasteiger partial charge is 0.508 e. The monoisotopic (exact) mass is 263 g/mol. The lowest BCUT2D eigenvalue weighted by atomic mass is 10.1. The summed E-state index contributed by atoms with van der Waals surface area (Å²) >= 11 is 0. The van der Waals surface area contributed by atoms with Crippen molar-refractivity contribution in [3.63, 3.8) is 0 Å². The van der Waals surface area contributed by atoms with Crippen molar-refractivity contribution >= 4 is 17.6 Å². The lowest BCUT2D eigenvalue weighted by Gasteiger charge is -2.21. The fourth-order valence-corrected chi connectivity index (χ4v) is 2.61. The Morgan fingerprint density at radius 2 is 1.95 bits per heavy atom. The number of anilines is 1. The number of carbonyl (C=O) groups excluding carboxylic acids is 2. The standard InChI is InChI=1S/C14H17NO4/c1-8-4-11(16)5-9(2)13(8)15-7-10(6-12(15)17)14(18)19-3/h4-5,10,16H,6-7H2,1-3H3. The van der Waals surface area contributed by atoms with Gasteiger partial charge in [0.05, 0.1) is 13.0 Å². The predicted octanol–water partition coefficient (Wildman–Crippen LogP) is 1.53. The van der Waals surface area contributed by atoms with E-state index in [-0.39, 0.29) is 24.0 Å². The lowest BCUT2D eigenvalue weighted by molar-refractivity contribution is -0.145. The van der Waals surface area contributed by atoms with Crippen LogP contribution in [-0.4, -0.2) is 30.6 Å². The molecule has 0 saturated carbocycles. The van der Waals surface area contributed by atoms with Gasteiger partial charge in [-0.3, -0.25) is 9.59 Å².